The maximum Gasteiger partial charge on any atom is 0.310 e. The molecule has 0 amide bonds. The molecule has 0 saturated heterocycles. The minimum atomic E-state index is -0.239. The van der Waals surface area contributed by atoms with E-state index in [2.05, 4.69) is 24.9 Å². The van der Waals surface area contributed by atoms with E-state index in [9.17, 15) is 4.79 Å². The van der Waals surface area contributed by atoms with Gasteiger partial charge in [0.2, 0.25) is 0 Å². The number of esters is 1. The summed E-state index contributed by atoms with van der Waals surface area (Å²) < 4.78 is 6.77. The van der Waals surface area contributed by atoms with E-state index in [1.54, 1.807) is 6.92 Å². The van der Waals surface area contributed by atoms with Crippen LogP contribution in [0.2, 0.25) is 0 Å². The Kier molecular flexibility index (Phi) is 10.7. The van der Waals surface area contributed by atoms with Gasteiger partial charge in [-0.05, 0) is 19.1 Å². The fraction of sp³-hybridized carbons (Fsp3) is 0.571. The summed E-state index contributed by atoms with van der Waals surface area (Å²) in [5.74, 6) is 0.243. The molecule has 7 heteroatoms. The van der Waals surface area contributed by atoms with Gasteiger partial charge >= 0.3 is 5.97 Å². The number of aliphatic imine (C=N–C) groups is 1. The molecule has 1 unspecified atom stereocenters. The normalized spacial score (nSPS) is 12.2. The number of ether oxygens (including phenoxy) is 1. The minimum Gasteiger partial charge on any atom is -0.469 e. The van der Waals surface area contributed by atoms with Crippen LogP contribution in [0, 0.1) is 5.92 Å². The topological polar surface area (TPSA) is 67.7 Å². The van der Waals surface area contributed by atoms with Crippen LogP contribution in [-0.4, -0.2) is 43.2 Å². The molecule has 6 nitrogen and oxygen atoms in total. The van der Waals surface area contributed by atoms with Crippen molar-refractivity contribution in [1.82, 2.24) is 15.2 Å². The number of guanidine groups is 1. The molecule has 1 aromatic rings. The molecular weight excluding hydrogens is 383 g/mol. The van der Waals surface area contributed by atoms with Gasteiger partial charge in [-0.3, -0.25) is 9.79 Å². The van der Waals surface area contributed by atoms with E-state index in [0.717, 1.165) is 25.6 Å². The van der Waals surface area contributed by atoms with E-state index in [1.807, 2.05) is 31.5 Å². The van der Waals surface area contributed by atoms with E-state index >= 15 is 0 Å². The predicted molar refractivity (Wildman–Crippen MR) is 95.0 cm³/mol. The van der Waals surface area contributed by atoms with Crippen LogP contribution in [0.4, 0.5) is 0 Å². The van der Waals surface area contributed by atoms with Crippen LogP contribution in [-0.2, 0) is 16.1 Å². The lowest BCUT2D eigenvalue weighted by Crippen LogP contribution is -2.39. The molecular formula is C14H25IN4O2. The lowest BCUT2D eigenvalue weighted by molar-refractivity contribution is -0.144. The van der Waals surface area contributed by atoms with Crippen LogP contribution in [0.3, 0.4) is 0 Å². The first-order valence-corrected chi connectivity index (χ1v) is 6.88. The van der Waals surface area contributed by atoms with Crippen LogP contribution in [0.15, 0.2) is 29.5 Å². The Morgan fingerprint density at radius 3 is 2.57 bits per heavy atom. The maximum atomic E-state index is 11.3. The summed E-state index contributed by atoms with van der Waals surface area (Å²) in [6, 6.07) is 3.99. The fourth-order valence-corrected chi connectivity index (χ4v) is 1.67. The average Bonchev–Trinajstić information content (AvgIpc) is 2.96. The number of aromatic nitrogens is 1. The van der Waals surface area contributed by atoms with Crippen molar-refractivity contribution in [2.75, 3.05) is 26.7 Å². The Morgan fingerprint density at radius 1 is 1.33 bits per heavy atom. The minimum absolute atomic E-state index is 0. The summed E-state index contributed by atoms with van der Waals surface area (Å²) in [5, 5.41) is 6.39. The molecule has 0 aromatic carbocycles. The van der Waals surface area contributed by atoms with Gasteiger partial charge in [0.25, 0.3) is 0 Å². The molecule has 0 aliphatic heterocycles. The molecule has 120 valence electrons. The largest absolute Gasteiger partial charge is 0.469 e. The van der Waals surface area contributed by atoms with Gasteiger partial charge in [-0.15, -0.1) is 24.0 Å². The first-order chi connectivity index (χ1) is 9.67. The molecule has 1 heterocycles. The third-order valence-electron chi connectivity index (χ3n) is 2.80. The van der Waals surface area contributed by atoms with Gasteiger partial charge in [-0.2, -0.15) is 0 Å². The summed E-state index contributed by atoms with van der Waals surface area (Å²) in [4.78, 5) is 15.7. The molecule has 1 aromatic heterocycles. The highest BCUT2D eigenvalue weighted by Crippen LogP contribution is 1.98. The lowest BCUT2D eigenvalue weighted by Gasteiger charge is -2.13. The van der Waals surface area contributed by atoms with E-state index in [-0.39, 0.29) is 35.9 Å². The number of rotatable bonds is 7. The maximum absolute atomic E-state index is 11.3. The van der Waals surface area contributed by atoms with Gasteiger partial charge in [0.15, 0.2) is 5.96 Å². The number of halogens is 1. The lowest BCUT2D eigenvalue weighted by atomic mass is 10.2. The van der Waals surface area contributed by atoms with Crippen LogP contribution in [0.5, 0.6) is 0 Å². The predicted octanol–water partition coefficient (Wildman–Crippen LogP) is 1.47. The summed E-state index contributed by atoms with van der Waals surface area (Å²) in [6.45, 7) is 6.64. The number of hydrogen-bond donors (Lipinski definition) is 2. The van der Waals surface area contributed by atoms with Gasteiger partial charge in [-0.25, -0.2) is 0 Å². The number of nitrogens with one attached hydrogen (secondary N) is 2. The Labute approximate surface area is 143 Å². The Bertz CT molecular complexity index is 421. The van der Waals surface area contributed by atoms with Crippen LogP contribution < -0.4 is 10.6 Å². The zero-order valence-electron chi connectivity index (χ0n) is 12.8. The molecule has 0 saturated carbocycles. The molecule has 2 N–H and O–H groups in total. The molecule has 1 rings (SSSR count). The third-order valence-corrected chi connectivity index (χ3v) is 2.80. The van der Waals surface area contributed by atoms with Crippen LogP contribution in [0.1, 0.15) is 13.8 Å². The third kappa shape index (κ3) is 7.93. The second-order valence-corrected chi connectivity index (χ2v) is 4.49. The molecule has 0 aliphatic rings. The Hall–Kier alpha value is -1.25. The first kappa shape index (κ1) is 19.8. The van der Waals surface area contributed by atoms with Gasteiger partial charge in [-0.1, -0.05) is 6.92 Å². The zero-order valence-corrected chi connectivity index (χ0v) is 15.2. The molecule has 0 fully saturated rings. The standard InChI is InChI=1S/C14H24N4O2.HI/c1-4-15-14(17-11-12(2)13(19)20-3)16-7-10-18-8-5-6-9-18;/h5-6,8-9,12H,4,7,10-11H2,1-3H3,(H2,15,16,17);1H. The molecule has 0 radical (unpaired) electrons. The highest BCUT2D eigenvalue weighted by Gasteiger charge is 2.12. The highest BCUT2D eigenvalue weighted by atomic mass is 127. The van der Waals surface area contributed by atoms with Crippen molar-refractivity contribution >= 4 is 35.9 Å². The van der Waals surface area contributed by atoms with Crippen molar-refractivity contribution in [2.45, 2.75) is 20.4 Å². The van der Waals surface area contributed by atoms with Gasteiger partial charge < -0.3 is 19.9 Å². The second-order valence-electron chi connectivity index (χ2n) is 4.49. The molecule has 21 heavy (non-hydrogen) atoms. The van der Waals surface area contributed by atoms with Crippen molar-refractivity contribution in [1.29, 1.82) is 0 Å². The van der Waals surface area contributed by atoms with Crippen molar-refractivity contribution in [3.63, 3.8) is 0 Å². The van der Waals surface area contributed by atoms with E-state index in [1.165, 1.54) is 7.11 Å². The van der Waals surface area contributed by atoms with E-state index in [4.69, 9.17) is 0 Å². The molecule has 0 aliphatic carbocycles. The van der Waals surface area contributed by atoms with Crippen molar-refractivity contribution in [2.24, 2.45) is 10.9 Å². The van der Waals surface area contributed by atoms with E-state index < -0.39 is 0 Å². The fourth-order valence-electron chi connectivity index (χ4n) is 1.67. The van der Waals surface area contributed by atoms with Crippen molar-refractivity contribution < 1.29 is 9.53 Å². The summed E-state index contributed by atoms with van der Waals surface area (Å²) >= 11 is 0. The smallest absolute Gasteiger partial charge is 0.310 e. The van der Waals surface area contributed by atoms with E-state index in [0.29, 0.717) is 6.54 Å². The molecule has 1 atom stereocenters. The Balaban J connectivity index is 0.00000400. The van der Waals surface area contributed by atoms with Crippen molar-refractivity contribution in [3.8, 4) is 0 Å². The summed E-state index contributed by atoms with van der Waals surface area (Å²) in [6.07, 6.45) is 4.04. The van der Waals surface area contributed by atoms with Crippen LogP contribution >= 0.6 is 24.0 Å². The number of carbonyl (C=O) groups excluding carboxylic acids is 1. The Morgan fingerprint density at radius 2 is 2.00 bits per heavy atom. The highest BCUT2D eigenvalue weighted by molar-refractivity contribution is 14.0. The monoisotopic (exact) mass is 408 g/mol. The van der Waals surface area contributed by atoms with Gasteiger partial charge in [0.1, 0.15) is 0 Å². The zero-order chi connectivity index (χ0) is 14.8. The van der Waals surface area contributed by atoms with Crippen molar-refractivity contribution in [3.05, 3.63) is 24.5 Å². The number of nitrogens with zero attached hydrogens (tertiary/aromatic N) is 2. The number of hydrogen-bond acceptors (Lipinski definition) is 3. The van der Waals surface area contributed by atoms with Crippen LogP contribution in [0.25, 0.3) is 0 Å². The number of methoxy groups -OCH3 is 1. The number of carbonyl (C=O) groups is 1. The second kappa shape index (κ2) is 11.4. The van der Waals surface area contributed by atoms with Gasteiger partial charge in [0.05, 0.1) is 19.6 Å². The summed E-state index contributed by atoms with van der Waals surface area (Å²) in [5.41, 5.74) is 0. The first-order valence-electron chi connectivity index (χ1n) is 6.88. The molecule has 0 bridgehead atoms. The summed E-state index contributed by atoms with van der Waals surface area (Å²) in [7, 11) is 1.39. The SMILES string of the molecule is CCNC(=NCC(C)C(=O)OC)NCCn1cccc1.I. The average molecular weight is 408 g/mol. The van der Waals surface area contributed by atoms with Gasteiger partial charge in [0, 0.05) is 32.0 Å². The quantitative estimate of drug-likeness (QED) is 0.311. The molecule has 0 spiro atoms.